The van der Waals surface area contributed by atoms with Gasteiger partial charge < -0.3 is 9.88 Å². The van der Waals surface area contributed by atoms with Crippen molar-refractivity contribution in [3.63, 3.8) is 0 Å². The number of aromatic nitrogens is 2. The maximum Gasteiger partial charge on any atom is 0.128 e. The molecule has 3 nitrogen and oxygen atoms in total. The van der Waals surface area contributed by atoms with Crippen LogP contribution in [-0.4, -0.2) is 22.6 Å². The van der Waals surface area contributed by atoms with Crippen LogP contribution in [0.25, 0.3) is 0 Å². The molecule has 1 N–H and O–H groups in total. The average Bonchev–Trinajstić information content (AvgIpc) is 2.65. The van der Waals surface area contributed by atoms with Crippen molar-refractivity contribution in [3.8, 4) is 0 Å². The van der Waals surface area contributed by atoms with Crippen molar-refractivity contribution in [2.24, 2.45) is 5.92 Å². The molecule has 0 radical (unpaired) electrons. The Balaban J connectivity index is 1.98. The lowest BCUT2D eigenvalue weighted by molar-refractivity contribution is 0.481. The first-order valence-electron chi connectivity index (χ1n) is 4.22. The first-order valence-corrected chi connectivity index (χ1v) is 4.60. The van der Waals surface area contributed by atoms with E-state index in [2.05, 4.69) is 10.3 Å². The van der Waals surface area contributed by atoms with E-state index in [9.17, 15) is 0 Å². The predicted molar refractivity (Wildman–Crippen MR) is 48.2 cm³/mol. The van der Waals surface area contributed by atoms with Crippen molar-refractivity contribution < 1.29 is 0 Å². The second kappa shape index (κ2) is 3.46. The molecule has 0 saturated carbocycles. The molecule has 0 aliphatic carbocycles. The maximum atomic E-state index is 5.90. The zero-order valence-corrected chi connectivity index (χ0v) is 7.59. The van der Waals surface area contributed by atoms with Crippen molar-refractivity contribution >= 4 is 11.6 Å². The Labute approximate surface area is 76.7 Å². The molecule has 66 valence electrons. The number of hydrogen-bond donors (Lipinski definition) is 1. The van der Waals surface area contributed by atoms with Crippen LogP contribution in [0.15, 0.2) is 12.5 Å². The Kier molecular flexibility index (Phi) is 2.33. The molecule has 0 bridgehead atoms. The van der Waals surface area contributed by atoms with Gasteiger partial charge in [-0.3, -0.25) is 0 Å². The van der Waals surface area contributed by atoms with Gasteiger partial charge in [0.15, 0.2) is 0 Å². The molecular weight excluding hydrogens is 174 g/mol. The maximum absolute atomic E-state index is 5.90. The summed E-state index contributed by atoms with van der Waals surface area (Å²) in [6.45, 7) is 3.23. The molecule has 0 spiro atoms. The Morgan fingerprint density at radius 1 is 1.75 bits per heavy atom. The summed E-state index contributed by atoms with van der Waals surface area (Å²) >= 11 is 5.90. The zero-order valence-electron chi connectivity index (χ0n) is 6.83. The van der Waals surface area contributed by atoms with Gasteiger partial charge in [0.25, 0.3) is 0 Å². The van der Waals surface area contributed by atoms with E-state index in [1.54, 1.807) is 12.5 Å². The van der Waals surface area contributed by atoms with E-state index in [1.807, 2.05) is 4.57 Å². The molecule has 1 fully saturated rings. The van der Waals surface area contributed by atoms with Gasteiger partial charge in [-0.2, -0.15) is 0 Å². The van der Waals surface area contributed by atoms with Gasteiger partial charge in [0.05, 0.1) is 12.5 Å². The van der Waals surface area contributed by atoms with Gasteiger partial charge >= 0.3 is 0 Å². The first-order chi connectivity index (χ1) is 5.86. The lowest BCUT2D eigenvalue weighted by atomic mass is 10.1. The fourth-order valence-electron chi connectivity index (χ4n) is 1.59. The minimum absolute atomic E-state index is 0.719. The topological polar surface area (TPSA) is 29.9 Å². The highest BCUT2D eigenvalue weighted by Crippen LogP contribution is 2.14. The number of nitrogens with zero attached hydrogens (tertiary/aromatic N) is 2. The van der Waals surface area contributed by atoms with Crippen LogP contribution in [0.2, 0.25) is 5.15 Å². The minimum atomic E-state index is 0.719. The van der Waals surface area contributed by atoms with E-state index in [0.29, 0.717) is 0 Å². The second-order valence-electron chi connectivity index (χ2n) is 3.23. The second-order valence-corrected chi connectivity index (χ2v) is 3.61. The van der Waals surface area contributed by atoms with Crippen molar-refractivity contribution in [1.82, 2.24) is 14.9 Å². The van der Waals surface area contributed by atoms with Crippen LogP contribution in [0.3, 0.4) is 0 Å². The van der Waals surface area contributed by atoms with Gasteiger partial charge in [-0.05, 0) is 25.4 Å². The molecule has 1 unspecified atom stereocenters. The van der Waals surface area contributed by atoms with Gasteiger partial charge in [-0.15, -0.1) is 0 Å². The lowest BCUT2D eigenvalue weighted by Crippen LogP contribution is -2.13. The number of imidazole rings is 1. The van der Waals surface area contributed by atoms with Crippen molar-refractivity contribution in [1.29, 1.82) is 0 Å². The van der Waals surface area contributed by atoms with E-state index < -0.39 is 0 Å². The van der Waals surface area contributed by atoms with Gasteiger partial charge in [0.2, 0.25) is 0 Å². The predicted octanol–water partition coefficient (Wildman–Crippen LogP) is 1.15. The molecule has 0 aromatic carbocycles. The average molecular weight is 186 g/mol. The summed E-state index contributed by atoms with van der Waals surface area (Å²) < 4.78 is 2.00. The quantitative estimate of drug-likeness (QED) is 0.749. The fraction of sp³-hybridized carbons (Fsp3) is 0.625. The molecule has 4 heteroatoms. The number of rotatable bonds is 2. The Morgan fingerprint density at radius 3 is 3.25 bits per heavy atom. The highest BCUT2D eigenvalue weighted by molar-refractivity contribution is 6.29. The molecule has 2 heterocycles. The van der Waals surface area contributed by atoms with E-state index in [-0.39, 0.29) is 0 Å². The summed E-state index contributed by atoms with van der Waals surface area (Å²) in [5.74, 6) is 0.719. The van der Waals surface area contributed by atoms with Crippen LogP contribution >= 0.6 is 11.6 Å². The molecule has 2 rings (SSSR count). The summed E-state index contributed by atoms with van der Waals surface area (Å²) in [6.07, 6.45) is 4.72. The van der Waals surface area contributed by atoms with E-state index >= 15 is 0 Å². The number of hydrogen-bond acceptors (Lipinski definition) is 2. The normalized spacial score (nSPS) is 23.2. The Bertz CT molecular complexity index is 253. The number of nitrogens with one attached hydrogen (secondary N) is 1. The molecule has 0 amide bonds. The van der Waals surface area contributed by atoms with Gasteiger partial charge in [-0.1, -0.05) is 11.6 Å². The third-order valence-electron chi connectivity index (χ3n) is 2.28. The van der Waals surface area contributed by atoms with Gasteiger partial charge in [-0.25, -0.2) is 4.98 Å². The highest BCUT2D eigenvalue weighted by Gasteiger charge is 2.15. The summed E-state index contributed by atoms with van der Waals surface area (Å²) in [6, 6.07) is 0. The highest BCUT2D eigenvalue weighted by atomic mass is 35.5. The monoisotopic (exact) mass is 185 g/mol. The third-order valence-corrected chi connectivity index (χ3v) is 2.59. The van der Waals surface area contributed by atoms with Crippen LogP contribution in [0.5, 0.6) is 0 Å². The molecule has 12 heavy (non-hydrogen) atoms. The SMILES string of the molecule is Clc1cncn1CC1CCNC1. The van der Waals surface area contributed by atoms with Gasteiger partial charge in [0.1, 0.15) is 5.15 Å². The summed E-state index contributed by atoms with van der Waals surface area (Å²) in [5.41, 5.74) is 0. The Morgan fingerprint density at radius 2 is 2.67 bits per heavy atom. The minimum Gasteiger partial charge on any atom is -0.321 e. The first kappa shape index (κ1) is 8.08. The fourth-order valence-corrected chi connectivity index (χ4v) is 1.76. The van der Waals surface area contributed by atoms with E-state index in [0.717, 1.165) is 30.7 Å². The third kappa shape index (κ3) is 1.62. The Hall–Kier alpha value is -0.540. The number of halogens is 1. The molecule has 1 aromatic heterocycles. The molecule has 1 aromatic rings. The van der Waals surface area contributed by atoms with Crippen molar-refractivity contribution in [3.05, 3.63) is 17.7 Å². The van der Waals surface area contributed by atoms with E-state index in [4.69, 9.17) is 11.6 Å². The van der Waals surface area contributed by atoms with Crippen LogP contribution in [0, 0.1) is 5.92 Å². The molecule has 1 saturated heterocycles. The van der Waals surface area contributed by atoms with Gasteiger partial charge in [0, 0.05) is 6.54 Å². The molecule has 1 aliphatic heterocycles. The summed E-state index contributed by atoms with van der Waals surface area (Å²) in [7, 11) is 0. The van der Waals surface area contributed by atoms with Crippen molar-refractivity contribution in [2.75, 3.05) is 13.1 Å². The van der Waals surface area contributed by atoms with Crippen LogP contribution in [-0.2, 0) is 6.54 Å². The van der Waals surface area contributed by atoms with Crippen LogP contribution in [0.1, 0.15) is 6.42 Å². The zero-order chi connectivity index (χ0) is 8.39. The lowest BCUT2D eigenvalue weighted by Gasteiger charge is -2.09. The summed E-state index contributed by atoms with van der Waals surface area (Å²) in [5, 5.41) is 4.07. The largest absolute Gasteiger partial charge is 0.321 e. The van der Waals surface area contributed by atoms with Crippen LogP contribution in [0.4, 0.5) is 0 Å². The van der Waals surface area contributed by atoms with Crippen LogP contribution < -0.4 is 5.32 Å². The standard InChI is InChI=1S/C8H12ClN3/c9-8-4-11-6-12(8)5-7-1-2-10-3-7/h4,6-7,10H,1-3,5H2. The molecule has 1 aliphatic rings. The smallest absolute Gasteiger partial charge is 0.128 e. The molecule has 1 atom stereocenters. The molecular formula is C8H12ClN3. The summed E-state index contributed by atoms with van der Waals surface area (Å²) in [4.78, 5) is 3.97. The van der Waals surface area contributed by atoms with E-state index in [1.165, 1.54) is 6.42 Å². The van der Waals surface area contributed by atoms with Crippen molar-refractivity contribution in [2.45, 2.75) is 13.0 Å².